The highest BCUT2D eigenvalue weighted by Crippen LogP contribution is 2.25. The van der Waals surface area contributed by atoms with E-state index in [0.717, 1.165) is 16.0 Å². The van der Waals surface area contributed by atoms with Crippen molar-refractivity contribution in [2.75, 3.05) is 12.4 Å². The summed E-state index contributed by atoms with van der Waals surface area (Å²) in [6, 6.07) is 10.3. The molecule has 23 heavy (non-hydrogen) atoms. The van der Waals surface area contributed by atoms with Gasteiger partial charge in [0.05, 0.1) is 11.1 Å². The molecule has 0 fully saturated rings. The first-order valence-electron chi connectivity index (χ1n) is 7.23. The first kappa shape index (κ1) is 15.0. The number of rotatable bonds is 2. The van der Waals surface area contributed by atoms with Crippen LogP contribution in [0.25, 0.3) is 0 Å². The molecular formula is C18H16N2O3. The smallest absolute Gasteiger partial charge is 0.261 e. The molecule has 1 aliphatic rings. The number of hydrogen-bond donors (Lipinski definition) is 1. The number of anilines is 1. The standard InChI is InChI=1S/C18H16N2O3/c1-10-6-11(2)8-12(7-10)16(21)19-13-4-5-14-15(9-13)18(23)20(3)17(14)22/h4-9H,1-3H3,(H,19,21). The molecule has 0 saturated heterocycles. The van der Waals surface area contributed by atoms with Crippen LogP contribution in [0, 0.1) is 13.8 Å². The molecular weight excluding hydrogens is 292 g/mol. The Kier molecular flexibility index (Phi) is 3.48. The average molecular weight is 308 g/mol. The van der Waals surface area contributed by atoms with Crippen LogP contribution in [0.15, 0.2) is 36.4 Å². The maximum Gasteiger partial charge on any atom is 0.261 e. The van der Waals surface area contributed by atoms with Crippen LogP contribution in [0.4, 0.5) is 5.69 Å². The van der Waals surface area contributed by atoms with E-state index in [1.807, 2.05) is 19.9 Å². The molecule has 0 bridgehead atoms. The summed E-state index contributed by atoms with van der Waals surface area (Å²) in [6.45, 7) is 3.86. The Morgan fingerprint density at radius 2 is 1.52 bits per heavy atom. The molecule has 0 radical (unpaired) electrons. The van der Waals surface area contributed by atoms with E-state index in [-0.39, 0.29) is 17.7 Å². The highest BCUT2D eigenvalue weighted by Gasteiger charge is 2.32. The number of aryl methyl sites for hydroxylation is 2. The van der Waals surface area contributed by atoms with Crippen LogP contribution in [-0.2, 0) is 0 Å². The van der Waals surface area contributed by atoms with E-state index in [9.17, 15) is 14.4 Å². The number of imide groups is 1. The number of nitrogens with zero attached hydrogens (tertiary/aromatic N) is 1. The minimum absolute atomic E-state index is 0.248. The monoisotopic (exact) mass is 308 g/mol. The Labute approximate surface area is 133 Å². The number of nitrogens with one attached hydrogen (secondary N) is 1. The lowest BCUT2D eigenvalue weighted by atomic mass is 10.1. The van der Waals surface area contributed by atoms with Crippen molar-refractivity contribution < 1.29 is 14.4 Å². The van der Waals surface area contributed by atoms with E-state index in [0.29, 0.717) is 22.4 Å². The summed E-state index contributed by atoms with van der Waals surface area (Å²) in [4.78, 5) is 37.3. The number of benzene rings is 2. The average Bonchev–Trinajstić information content (AvgIpc) is 2.71. The van der Waals surface area contributed by atoms with Gasteiger partial charge in [0.15, 0.2) is 0 Å². The second kappa shape index (κ2) is 5.35. The van der Waals surface area contributed by atoms with E-state index >= 15 is 0 Å². The summed E-state index contributed by atoms with van der Waals surface area (Å²) < 4.78 is 0. The fourth-order valence-electron chi connectivity index (χ4n) is 2.75. The quantitative estimate of drug-likeness (QED) is 0.868. The first-order valence-corrected chi connectivity index (χ1v) is 7.23. The van der Waals surface area contributed by atoms with Crippen molar-refractivity contribution in [2.24, 2.45) is 0 Å². The Bertz CT molecular complexity index is 835. The molecule has 0 unspecified atom stereocenters. The van der Waals surface area contributed by atoms with Gasteiger partial charge < -0.3 is 5.32 Å². The van der Waals surface area contributed by atoms with Crippen molar-refractivity contribution in [3.8, 4) is 0 Å². The van der Waals surface area contributed by atoms with Gasteiger partial charge in [-0.1, -0.05) is 17.2 Å². The molecule has 0 saturated carbocycles. The molecule has 0 spiro atoms. The molecule has 1 heterocycles. The van der Waals surface area contributed by atoms with Gasteiger partial charge in [0.1, 0.15) is 0 Å². The van der Waals surface area contributed by atoms with E-state index in [1.54, 1.807) is 30.3 Å². The van der Waals surface area contributed by atoms with Crippen LogP contribution < -0.4 is 5.32 Å². The Hall–Kier alpha value is -2.95. The van der Waals surface area contributed by atoms with Crippen molar-refractivity contribution in [1.82, 2.24) is 4.90 Å². The van der Waals surface area contributed by atoms with Crippen LogP contribution in [0.1, 0.15) is 42.2 Å². The van der Waals surface area contributed by atoms with Gasteiger partial charge in [-0.15, -0.1) is 0 Å². The second-order valence-corrected chi connectivity index (χ2v) is 5.76. The minimum Gasteiger partial charge on any atom is -0.322 e. The van der Waals surface area contributed by atoms with Gasteiger partial charge >= 0.3 is 0 Å². The Morgan fingerprint density at radius 3 is 2.17 bits per heavy atom. The van der Waals surface area contributed by atoms with Crippen LogP contribution in [0.3, 0.4) is 0 Å². The summed E-state index contributed by atoms with van der Waals surface area (Å²) >= 11 is 0. The van der Waals surface area contributed by atoms with E-state index in [1.165, 1.54) is 7.05 Å². The van der Waals surface area contributed by atoms with Gasteiger partial charge in [-0.3, -0.25) is 19.3 Å². The molecule has 3 rings (SSSR count). The predicted octanol–water partition coefficient (Wildman–Crippen LogP) is 2.78. The van der Waals surface area contributed by atoms with E-state index < -0.39 is 0 Å². The summed E-state index contributed by atoms with van der Waals surface area (Å²) in [5, 5.41) is 2.77. The number of amides is 3. The normalized spacial score (nSPS) is 13.3. The second-order valence-electron chi connectivity index (χ2n) is 5.76. The van der Waals surface area contributed by atoms with Crippen LogP contribution in [0.2, 0.25) is 0 Å². The van der Waals surface area contributed by atoms with Gasteiger partial charge in [0.2, 0.25) is 0 Å². The molecule has 0 aromatic heterocycles. The highest BCUT2D eigenvalue weighted by molar-refractivity contribution is 6.21. The predicted molar refractivity (Wildman–Crippen MR) is 86.7 cm³/mol. The van der Waals surface area contributed by atoms with Crippen molar-refractivity contribution in [3.05, 3.63) is 64.2 Å². The molecule has 5 nitrogen and oxygen atoms in total. The van der Waals surface area contributed by atoms with Gasteiger partial charge in [0.25, 0.3) is 17.7 Å². The first-order chi connectivity index (χ1) is 10.9. The molecule has 1 aliphatic heterocycles. The third kappa shape index (κ3) is 2.61. The summed E-state index contributed by atoms with van der Waals surface area (Å²) in [5.74, 6) is -0.924. The number of carbonyl (C=O) groups is 3. The lowest BCUT2D eigenvalue weighted by Crippen LogP contribution is -2.24. The zero-order chi connectivity index (χ0) is 16.7. The largest absolute Gasteiger partial charge is 0.322 e. The Balaban J connectivity index is 1.89. The van der Waals surface area contributed by atoms with E-state index in [2.05, 4.69) is 5.32 Å². The van der Waals surface area contributed by atoms with Crippen molar-refractivity contribution >= 4 is 23.4 Å². The zero-order valence-electron chi connectivity index (χ0n) is 13.1. The van der Waals surface area contributed by atoms with Gasteiger partial charge in [-0.05, 0) is 44.2 Å². The number of carbonyl (C=O) groups excluding carboxylic acids is 3. The molecule has 0 atom stereocenters. The molecule has 2 aromatic carbocycles. The molecule has 2 aromatic rings. The molecule has 5 heteroatoms. The summed E-state index contributed by atoms with van der Waals surface area (Å²) in [7, 11) is 1.44. The maximum absolute atomic E-state index is 12.4. The number of hydrogen-bond acceptors (Lipinski definition) is 3. The summed E-state index contributed by atoms with van der Waals surface area (Å²) in [5.41, 5.74) is 3.74. The SMILES string of the molecule is Cc1cc(C)cc(C(=O)Nc2ccc3c(c2)C(=O)N(C)C3=O)c1. The van der Waals surface area contributed by atoms with Crippen molar-refractivity contribution in [1.29, 1.82) is 0 Å². The van der Waals surface area contributed by atoms with Crippen molar-refractivity contribution in [2.45, 2.75) is 13.8 Å². The molecule has 116 valence electrons. The van der Waals surface area contributed by atoms with Gasteiger partial charge in [-0.25, -0.2) is 0 Å². The molecule has 1 N–H and O–H groups in total. The van der Waals surface area contributed by atoms with Crippen LogP contribution in [0.5, 0.6) is 0 Å². The fourth-order valence-corrected chi connectivity index (χ4v) is 2.75. The van der Waals surface area contributed by atoms with Crippen LogP contribution >= 0.6 is 0 Å². The molecule has 0 aliphatic carbocycles. The lowest BCUT2D eigenvalue weighted by Gasteiger charge is -2.08. The topological polar surface area (TPSA) is 66.5 Å². The highest BCUT2D eigenvalue weighted by atomic mass is 16.2. The van der Waals surface area contributed by atoms with Crippen LogP contribution in [-0.4, -0.2) is 29.7 Å². The Morgan fingerprint density at radius 1 is 0.913 bits per heavy atom. The molecule has 3 amide bonds. The lowest BCUT2D eigenvalue weighted by molar-refractivity contribution is 0.0692. The fraction of sp³-hybridized carbons (Fsp3) is 0.167. The zero-order valence-corrected chi connectivity index (χ0v) is 13.1. The number of fused-ring (bicyclic) bond motifs is 1. The third-order valence-electron chi connectivity index (χ3n) is 3.83. The summed E-state index contributed by atoms with van der Waals surface area (Å²) in [6.07, 6.45) is 0. The van der Waals surface area contributed by atoms with Gasteiger partial charge in [0, 0.05) is 18.3 Å². The van der Waals surface area contributed by atoms with E-state index in [4.69, 9.17) is 0 Å². The minimum atomic E-state index is -0.354. The van der Waals surface area contributed by atoms with Crippen molar-refractivity contribution in [3.63, 3.8) is 0 Å². The maximum atomic E-state index is 12.4. The van der Waals surface area contributed by atoms with Gasteiger partial charge in [-0.2, -0.15) is 0 Å². The third-order valence-corrected chi connectivity index (χ3v) is 3.83.